The number of rotatable bonds is 2. The maximum Gasteiger partial charge on any atom is 0.303 e. The van der Waals surface area contributed by atoms with Gasteiger partial charge >= 0.3 is 5.97 Å². The third-order valence-electron chi connectivity index (χ3n) is 9.20. The number of Topliss-reactive ketones (excluding diaryl/α,β-unsaturated/α-hetero) is 3. The molecule has 4 aliphatic rings. The van der Waals surface area contributed by atoms with Crippen LogP contribution in [0.4, 0.5) is 0 Å². The van der Waals surface area contributed by atoms with Gasteiger partial charge in [0.25, 0.3) is 0 Å². The van der Waals surface area contributed by atoms with Crippen LogP contribution in [-0.4, -0.2) is 28.9 Å². The Morgan fingerprint density at radius 1 is 1.00 bits per heavy atom. The van der Waals surface area contributed by atoms with Gasteiger partial charge in [-0.1, -0.05) is 13.8 Å². The summed E-state index contributed by atoms with van der Waals surface area (Å²) >= 11 is 0. The first-order valence-corrected chi connectivity index (χ1v) is 10.8. The molecule has 5 heteroatoms. The number of hydrogen-bond donors (Lipinski definition) is 0. The van der Waals surface area contributed by atoms with Gasteiger partial charge in [0, 0.05) is 31.1 Å². The second-order valence-corrected chi connectivity index (χ2v) is 10.4. The first kappa shape index (κ1) is 19.8. The van der Waals surface area contributed by atoms with E-state index in [9.17, 15) is 19.2 Å². The maximum absolute atomic E-state index is 13.3. The number of carbonyl (C=O) groups excluding carboxylic acids is 4. The summed E-state index contributed by atoms with van der Waals surface area (Å²) in [5.41, 5.74) is -1.43. The van der Waals surface area contributed by atoms with Crippen molar-refractivity contribution in [2.24, 2.45) is 34.5 Å². The highest BCUT2D eigenvalue weighted by Crippen LogP contribution is 2.65. The molecule has 4 saturated carbocycles. The van der Waals surface area contributed by atoms with Gasteiger partial charge in [-0.2, -0.15) is 0 Å². The normalized spacial score (nSPS) is 47.7. The molecule has 0 bridgehead atoms. The zero-order valence-corrected chi connectivity index (χ0v) is 17.5. The van der Waals surface area contributed by atoms with Gasteiger partial charge in [-0.05, 0) is 68.6 Å². The molecule has 4 aliphatic carbocycles. The topological polar surface area (TPSA) is 77.5 Å². The van der Waals surface area contributed by atoms with Crippen LogP contribution >= 0.6 is 0 Å². The third kappa shape index (κ3) is 2.57. The van der Waals surface area contributed by atoms with Crippen molar-refractivity contribution in [2.75, 3.05) is 0 Å². The molecule has 0 heterocycles. The first-order chi connectivity index (χ1) is 13.0. The molecule has 154 valence electrons. The second kappa shape index (κ2) is 6.24. The summed E-state index contributed by atoms with van der Waals surface area (Å²) in [5.74, 6) is 0.533. The van der Waals surface area contributed by atoms with Crippen molar-refractivity contribution in [1.29, 1.82) is 0 Å². The third-order valence-corrected chi connectivity index (χ3v) is 9.20. The molecule has 4 fully saturated rings. The van der Waals surface area contributed by atoms with E-state index in [1.54, 1.807) is 0 Å². The van der Waals surface area contributed by atoms with Gasteiger partial charge in [-0.15, -0.1) is 0 Å². The summed E-state index contributed by atoms with van der Waals surface area (Å²) in [4.78, 5) is 50.0. The van der Waals surface area contributed by atoms with Crippen LogP contribution in [0.5, 0.6) is 0 Å². The van der Waals surface area contributed by atoms with Gasteiger partial charge in [-0.3, -0.25) is 19.2 Å². The average Bonchev–Trinajstić information content (AvgIpc) is 2.91. The van der Waals surface area contributed by atoms with Crippen molar-refractivity contribution in [3.63, 3.8) is 0 Å². The van der Waals surface area contributed by atoms with Crippen LogP contribution in [0.1, 0.15) is 79.1 Å². The summed E-state index contributed by atoms with van der Waals surface area (Å²) in [6.07, 6.45) is 5.44. The molecule has 0 saturated heterocycles. The minimum absolute atomic E-state index is 0.0231. The molecule has 0 aromatic carbocycles. The summed E-state index contributed by atoms with van der Waals surface area (Å²) in [6, 6.07) is 0. The first-order valence-electron chi connectivity index (χ1n) is 10.8. The zero-order valence-electron chi connectivity index (χ0n) is 17.5. The Labute approximate surface area is 167 Å². The lowest BCUT2D eigenvalue weighted by molar-refractivity contribution is -0.187. The Morgan fingerprint density at radius 2 is 1.71 bits per heavy atom. The highest BCUT2D eigenvalue weighted by atomic mass is 16.6. The van der Waals surface area contributed by atoms with Crippen LogP contribution in [0.3, 0.4) is 0 Å². The molecule has 0 radical (unpaired) electrons. The average molecular weight is 389 g/mol. The van der Waals surface area contributed by atoms with Crippen molar-refractivity contribution < 1.29 is 23.9 Å². The van der Waals surface area contributed by atoms with E-state index in [0.717, 1.165) is 25.7 Å². The fraction of sp³-hybridized carbons (Fsp3) is 0.826. The lowest BCUT2D eigenvalue weighted by Crippen LogP contribution is -2.60. The Morgan fingerprint density at radius 3 is 2.36 bits per heavy atom. The smallest absolute Gasteiger partial charge is 0.303 e. The summed E-state index contributed by atoms with van der Waals surface area (Å²) in [6.45, 7) is 7.20. The number of carbonyl (C=O) groups is 4. The van der Waals surface area contributed by atoms with Crippen molar-refractivity contribution >= 4 is 23.3 Å². The molecule has 0 N–H and O–H groups in total. The van der Waals surface area contributed by atoms with E-state index in [0.29, 0.717) is 31.5 Å². The van der Waals surface area contributed by atoms with Gasteiger partial charge in [0.15, 0.2) is 11.4 Å². The SMILES string of the molecule is CC(=O)O[C@]1(C(C)=O)CC[C@@]2(C)[C@@H](CC(=O)[C@H]3[C@H]2CC[C@]2(C)C(=O)CC[C@H]32)C1. The molecule has 0 amide bonds. The Kier molecular flexibility index (Phi) is 4.41. The molecular weight excluding hydrogens is 356 g/mol. The van der Waals surface area contributed by atoms with Crippen LogP contribution < -0.4 is 0 Å². The molecule has 28 heavy (non-hydrogen) atoms. The van der Waals surface area contributed by atoms with Crippen LogP contribution in [0.25, 0.3) is 0 Å². The largest absolute Gasteiger partial charge is 0.451 e. The molecule has 4 rings (SSSR count). The standard InChI is InChI=1S/C23H32O5/c1-13(24)23(28-14(2)25)10-9-21(3)15(12-23)11-18(26)20-16-5-6-19(27)22(16,4)8-7-17(20)21/h15-17,20H,5-12H2,1-4H3/t15-,16+,17+,20+,21-,22-,23+/m0/s1. The van der Waals surface area contributed by atoms with Crippen LogP contribution in [0, 0.1) is 34.5 Å². The van der Waals surface area contributed by atoms with Crippen molar-refractivity contribution in [3.8, 4) is 0 Å². The molecule has 0 aromatic rings. The van der Waals surface area contributed by atoms with E-state index in [1.165, 1.54) is 13.8 Å². The van der Waals surface area contributed by atoms with E-state index in [2.05, 4.69) is 13.8 Å². The Hall–Kier alpha value is -1.52. The fourth-order valence-corrected chi connectivity index (χ4v) is 7.44. The molecule has 0 aliphatic heterocycles. The van der Waals surface area contributed by atoms with Crippen molar-refractivity contribution in [3.05, 3.63) is 0 Å². The molecule has 0 unspecified atom stereocenters. The summed E-state index contributed by atoms with van der Waals surface area (Å²) in [7, 11) is 0. The lowest BCUT2D eigenvalue weighted by atomic mass is 9.44. The van der Waals surface area contributed by atoms with E-state index in [4.69, 9.17) is 4.74 Å². The minimum atomic E-state index is -1.07. The number of fused-ring (bicyclic) bond motifs is 5. The van der Waals surface area contributed by atoms with Gasteiger partial charge < -0.3 is 4.74 Å². The molecular formula is C23H32O5. The molecule has 0 aromatic heterocycles. The van der Waals surface area contributed by atoms with Gasteiger partial charge in [0.2, 0.25) is 0 Å². The van der Waals surface area contributed by atoms with Crippen LogP contribution in [-0.2, 0) is 23.9 Å². The lowest BCUT2D eigenvalue weighted by Gasteiger charge is -2.60. The second-order valence-electron chi connectivity index (χ2n) is 10.4. The number of ketones is 3. The minimum Gasteiger partial charge on any atom is -0.451 e. The van der Waals surface area contributed by atoms with Gasteiger partial charge in [0.05, 0.1) is 0 Å². The predicted molar refractivity (Wildman–Crippen MR) is 102 cm³/mol. The van der Waals surface area contributed by atoms with Crippen LogP contribution in [0.15, 0.2) is 0 Å². The monoisotopic (exact) mass is 388 g/mol. The van der Waals surface area contributed by atoms with Gasteiger partial charge in [-0.25, -0.2) is 0 Å². The zero-order chi connectivity index (χ0) is 20.5. The predicted octanol–water partition coefficient (Wildman–Crippen LogP) is 3.67. The summed E-state index contributed by atoms with van der Waals surface area (Å²) in [5, 5.41) is 0. The molecule has 7 atom stereocenters. The number of esters is 1. The van der Waals surface area contributed by atoms with E-state index in [1.807, 2.05) is 0 Å². The Bertz CT molecular complexity index is 756. The van der Waals surface area contributed by atoms with Crippen molar-refractivity contribution in [1.82, 2.24) is 0 Å². The highest BCUT2D eigenvalue weighted by molar-refractivity contribution is 5.91. The van der Waals surface area contributed by atoms with E-state index in [-0.39, 0.29) is 46.1 Å². The van der Waals surface area contributed by atoms with E-state index < -0.39 is 11.6 Å². The van der Waals surface area contributed by atoms with Gasteiger partial charge in [0.1, 0.15) is 11.6 Å². The summed E-state index contributed by atoms with van der Waals surface area (Å²) < 4.78 is 5.56. The number of hydrogen-bond acceptors (Lipinski definition) is 5. The fourth-order valence-electron chi connectivity index (χ4n) is 7.44. The molecule has 5 nitrogen and oxygen atoms in total. The quantitative estimate of drug-likeness (QED) is 0.675. The maximum atomic E-state index is 13.3. The molecule has 0 spiro atoms. The van der Waals surface area contributed by atoms with Crippen molar-refractivity contribution in [2.45, 2.75) is 84.7 Å². The van der Waals surface area contributed by atoms with Crippen LogP contribution in [0.2, 0.25) is 0 Å². The van der Waals surface area contributed by atoms with E-state index >= 15 is 0 Å². The Balaban J connectivity index is 1.66. The highest BCUT2D eigenvalue weighted by Gasteiger charge is 2.64. The number of ether oxygens (including phenoxy) is 1.